The second kappa shape index (κ2) is 5.69. The van der Waals surface area contributed by atoms with Gasteiger partial charge < -0.3 is 15.8 Å². The second-order valence-corrected chi connectivity index (χ2v) is 4.63. The monoisotopic (exact) mass is 260 g/mol. The average Bonchev–Trinajstić information content (AvgIpc) is 2.42. The van der Waals surface area contributed by atoms with Crippen LogP contribution < -0.4 is 15.8 Å². The predicted octanol–water partition coefficient (Wildman–Crippen LogP) is 3.74. The number of para-hydroxylation sites is 1. The number of rotatable bonds is 4. The van der Waals surface area contributed by atoms with Gasteiger partial charge in [-0.1, -0.05) is 12.1 Å². The summed E-state index contributed by atoms with van der Waals surface area (Å²) in [5.41, 5.74) is 8.56. The largest absolute Gasteiger partial charge is 0.497 e. The van der Waals surface area contributed by atoms with Crippen molar-refractivity contribution in [2.45, 2.75) is 4.90 Å². The molecule has 0 saturated carbocycles. The van der Waals surface area contributed by atoms with Crippen molar-refractivity contribution in [2.24, 2.45) is 0 Å². The van der Waals surface area contributed by atoms with Crippen molar-refractivity contribution in [2.75, 3.05) is 24.4 Å². The molecule has 0 heterocycles. The van der Waals surface area contributed by atoms with Gasteiger partial charge in [-0.2, -0.15) is 0 Å². The van der Waals surface area contributed by atoms with E-state index in [4.69, 9.17) is 10.5 Å². The van der Waals surface area contributed by atoms with Gasteiger partial charge in [-0.3, -0.25) is 0 Å². The van der Waals surface area contributed by atoms with E-state index in [9.17, 15) is 0 Å². The molecule has 0 fully saturated rings. The van der Waals surface area contributed by atoms with Crippen LogP contribution in [0.2, 0.25) is 0 Å². The van der Waals surface area contributed by atoms with Gasteiger partial charge in [0.05, 0.1) is 24.2 Å². The molecule has 2 rings (SSSR count). The lowest BCUT2D eigenvalue weighted by Crippen LogP contribution is -1.98. The highest BCUT2D eigenvalue weighted by Crippen LogP contribution is 2.32. The minimum absolute atomic E-state index is 0.701. The summed E-state index contributed by atoms with van der Waals surface area (Å²) in [6, 6.07) is 13.7. The molecular weight excluding hydrogens is 244 g/mol. The summed E-state index contributed by atoms with van der Waals surface area (Å²) >= 11 is 1.70. The molecule has 0 aromatic heterocycles. The molecule has 0 radical (unpaired) electrons. The maximum Gasteiger partial charge on any atom is 0.121 e. The van der Waals surface area contributed by atoms with Crippen LogP contribution in [0.5, 0.6) is 5.75 Å². The molecule has 3 nitrogen and oxygen atoms in total. The van der Waals surface area contributed by atoms with E-state index in [1.165, 1.54) is 4.90 Å². The molecule has 0 spiro atoms. The Bertz CT molecular complexity index is 543. The van der Waals surface area contributed by atoms with Crippen LogP contribution in [0.3, 0.4) is 0 Å². The van der Waals surface area contributed by atoms with Crippen LogP contribution >= 0.6 is 11.8 Å². The molecule has 0 atom stereocenters. The summed E-state index contributed by atoms with van der Waals surface area (Å²) in [6.07, 6.45) is 2.05. The number of methoxy groups -OCH3 is 1. The second-order valence-electron chi connectivity index (χ2n) is 3.78. The van der Waals surface area contributed by atoms with E-state index < -0.39 is 0 Å². The Hall–Kier alpha value is -1.81. The van der Waals surface area contributed by atoms with Gasteiger partial charge in [0.25, 0.3) is 0 Å². The first-order valence-electron chi connectivity index (χ1n) is 5.58. The highest BCUT2D eigenvalue weighted by atomic mass is 32.2. The molecule has 0 unspecified atom stereocenters. The number of benzene rings is 2. The number of nitrogen functional groups attached to an aromatic ring is 1. The van der Waals surface area contributed by atoms with Gasteiger partial charge >= 0.3 is 0 Å². The maximum absolute atomic E-state index is 5.96. The first kappa shape index (κ1) is 12.6. The molecular formula is C14H16N2OS. The molecule has 94 valence electrons. The Kier molecular flexibility index (Phi) is 3.99. The number of thioether (sulfide) groups is 1. The van der Waals surface area contributed by atoms with Crippen molar-refractivity contribution in [1.82, 2.24) is 0 Å². The molecule has 2 aromatic carbocycles. The van der Waals surface area contributed by atoms with Crippen molar-refractivity contribution in [3.63, 3.8) is 0 Å². The molecule has 18 heavy (non-hydrogen) atoms. The number of ether oxygens (including phenoxy) is 1. The number of hydrogen-bond acceptors (Lipinski definition) is 4. The highest BCUT2D eigenvalue weighted by molar-refractivity contribution is 7.98. The normalized spacial score (nSPS) is 10.1. The minimum Gasteiger partial charge on any atom is -0.497 e. The molecule has 0 aliphatic carbocycles. The van der Waals surface area contributed by atoms with E-state index in [0.29, 0.717) is 5.69 Å². The Labute approximate surface area is 111 Å². The van der Waals surface area contributed by atoms with Crippen LogP contribution in [-0.4, -0.2) is 13.4 Å². The Morgan fingerprint density at radius 1 is 1.11 bits per heavy atom. The molecule has 0 aliphatic heterocycles. The van der Waals surface area contributed by atoms with Crippen LogP contribution in [-0.2, 0) is 0 Å². The van der Waals surface area contributed by atoms with E-state index >= 15 is 0 Å². The van der Waals surface area contributed by atoms with Gasteiger partial charge in [-0.15, -0.1) is 11.8 Å². The molecule has 0 bridgehead atoms. The van der Waals surface area contributed by atoms with E-state index in [1.807, 2.05) is 36.4 Å². The zero-order chi connectivity index (χ0) is 13.0. The Morgan fingerprint density at radius 2 is 1.89 bits per heavy atom. The van der Waals surface area contributed by atoms with Gasteiger partial charge in [0, 0.05) is 11.0 Å². The highest BCUT2D eigenvalue weighted by Gasteiger charge is 2.05. The fourth-order valence-electron chi connectivity index (χ4n) is 1.66. The Balaban J connectivity index is 2.33. The lowest BCUT2D eigenvalue weighted by Gasteiger charge is -2.13. The summed E-state index contributed by atoms with van der Waals surface area (Å²) in [6.45, 7) is 0. The molecule has 0 amide bonds. The smallest absolute Gasteiger partial charge is 0.121 e. The lowest BCUT2D eigenvalue weighted by molar-refractivity contribution is 0.415. The van der Waals surface area contributed by atoms with Gasteiger partial charge in [-0.05, 0) is 30.5 Å². The zero-order valence-electron chi connectivity index (χ0n) is 10.4. The van der Waals surface area contributed by atoms with Crippen molar-refractivity contribution < 1.29 is 4.74 Å². The minimum atomic E-state index is 0.701. The van der Waals surface area contributed by atoms with E-state index in [-0.39, 0.29) is 0 Å². The zero-order valence-corrected chi connectivity index (χ0v) is 11.3. The summed E-state index contributed by atoms with van der Waals surface area (Å²) in [4.78, 5) is 1.18. The third kappa shape index (κ3) is 2.71. The summed E-state index contributed by atoms with van der Waals surface area (Å²) in [5.74, 6) is 0.785. The first-order valence-corrected chi connectivity index (χ1v) is 6.80. The molecule has 0 saturated heterocycles. The summed E-state index contributed by atoms with van der Waals surface area (Å²) < 4.78 is 5.20. The lowest BCUT2D eigenvalue weighted by atomic mass is 10.2. The number of hydrogen-bond donors (Lipinski definition) is 2. The maximum atomic E-state index is 5.96. The summed E-state index contributed by atoms with van der Waals surface area (Å²) in [7, 11) is 1.64. The van der Waals surface area contributed by atoms with Crippen LogP contribution in [0.15, 0.2) is 47.4 Å². The summed E-state index contributed by atoms with van der Waals surface area (Å²) in [5, 5.41) is 3.34. The number of nitrogens with one attached hydrogen (secondary N) is 1. The first-order chi connectivity index (χ1) is 8.74. The fourth-order valence-corrected chi connectivity index (χ4v) is 2.22. The van der Waals surface area contributed by atoms with Crippen LogP contribution in [0.25, 0.3) is 0 Å². The third-order valence-electron chi connectivity index (χ3n) is 2.64. The van der Waals surface area contributed by atoms with E-state index in [2.05, 4.69) is 17.6 Å². The van der Waals surface area contributed by atoms with Gasteiger partial charge in [0.1, 0.15) is 5.75 Å². The van der Waals surface area contributed by atoms with Crippen molar-refractivity contribution in [3.05, 3.63) is 42.5 Å². The average molecular weight is 260 g/mol. The quantitative estimate of drug-likeness (QED) is 0.649. The molecule has 3 N–H and O–H groups in total. The molecule has 4 heteroatoms. The van der Waals surface area contributed by atoms with Gasteiger partial charge in [-0.25, -0.2) is 0 Å². The fraction of sp³-hybridized carbons (Fsp3) is 0.143. The van der Waals surface area contributed by atoms with Crippen molar-refractivity contribution in [1.29, 1.82) is 0 Å². The Morgan fingerprint density at radius 3 is 2.61 bits per heavy atom. The molecule has 0 aliphatic rings. The topological polar surface area (TPSA) is 47.3 Å². The standard InChI is InChI=1S/C14H16N2OS/c1-17-10-7-8-11(15)13(9-10)16-12-5-3-4-6-14(12)18-2/h3-9,16H,15H2,1-2H3. The van der Waals surface area contributed by atoms with Crippen LogP contribution in [0.4, 0.5) is 17.1 Å². The number of anilines is 3. The SMILES string of the molecule is COc1ccc(N)c(Nc2ccccc2SC)c1. The predicted molar refractivity (Wildman–Crippen MR) is 78.9 cm³/mol. The van der Waals surface area contributed by atoms with E-state index in [1.54, 1.807) is 18.9 Å². The van der Waals surface area contributed by atoms with E-state index in [0.717, 1.165) is 17.1 Å². The molecule has 2 aromatic rings. The van der Waals surface area contributed by atoms with Crippen LogP contribution in [0, 0.1) is 0 Å². The van der Waals surface area contributed by atoms with Crippen molar-refractivity contribution in [3.8, 4) is 5.75 Å². The van der Waals surface area contributed by atoms with Crippen molar-refractivity contribution >= 4 is 28.8 Å². The third-order valence-corrected chi connectivity index (χ3v) is 3.43. The van der Waals surface area contributed by atoms with Gasteiger partial charge in [0.15, 0.2) is 0 Å². The van der Waals surface area contributed by atoms with Crippen LogP contribution in [0.1, 0.15) is 0 Å². The van der Waals surface area contributed by atoms with Gasteiger partial charge in [0.2, 0.25) is 0 Å². The number of nitrogens with two attached hydrogens (primary N) is 1.